The quantitative estimate of drug-likeness (QED) is 0.718. The molecule has 1 aromatic carbocycles. The molecule has 3 rings (SSSR count). The summed E-state index contributed by atoms with van der Waals surface area (Å²) in [5.74, 6) is -0.592. The Hall–Kier alpha value is -2.44. The van der Waals surface area contributed by atoms with Gasteiger partial charge in [0.2, 0.25) is 5.91 Å². The minimum atomic E-state index is -0.887. The first-order valence-electron chi connectivity index (χ1n) is 10.7. The lowest BCUT2D eigenvalue weighted by atomic mass is 9.65. The molecule has 1 N–H and O–H groups in total. The maximum atomic E-state index is 13.9. The number of hydrogen-bond acceptors (Lipinski definition) is 3. The van der Waals surface area contributed by atoms with Crippen LogP contribution in [-0.2, 0) is 16.1 Å². The molecule has 1 aliphatic carbocycles. The third-order valence-electron chi connectivity index (χ3n) is 7.19. The molecule has 6 nitrogen and oxygen atoms in total. The van der Waals surface area contributed by atoms with Crippen LogP contribution < -0.4 is 5.32 Å². The molecule has 1 spiro atoms. The smallest absolute Gasteiger partial charge is 0.325 e. The molecule has 0 radical (unpaired) electrons. The molecular formula is C23H32FN3O3. The SMILES string of the molecule is CCC(C)(C)C1CCC2(CC1)NC(=O)N(CC(=O)N(C)Cc1ccccc1F)C2=O. The van der Waals surface area contributed by atoms with Crippen LogP contribution in [0.3, 0.4) is 0 Å². The third-order valence-corrected chi connectivity index (χ3v) is 7.19. The van der Waals surface area contributed by atoms with Gasteiger partial charge in [-0.05, 0) is 43.1 Å². The molecule has 2 fully saturated rings. The van der Waals surface area contributed by atoms with Gasteiger partial charge in [-0.1, -0.05) is 45.4 Å². The number of imide groups is 1. The topological polar surface area (TPSA) is 69.7 Å². The summed E-state index contributed by atoms with van der Waals surface area (Å²) in [5.41, 5.74) is -0.293. The number of halogens is 1. The fourth-order valence-corrected chi connectivity index (χ4v) is 4.57. The normalized spacial score (nSPS) is 24.3. The largest absolute Gasteiger partial charge is 0.340 e. The molecule has 4 amide bonds. The van der Waals surface area contributed by atoms with Crippen LogP contribution >= 0.6 is 0 Å². The average molecular weight is 418 g/mol. The van der Waals surface area contributed by atoms with Crippen LogP contribution in [0.15, 0.2) is 24.3 Å². The molecule has 1 saturated heterocycles. The second-order valence-corrected chi connectivity index (χ2v) is 9.36. The number of nitrogens with one attached hydrogen (secondary N) is 1. The van der Waals surface area contributed by atoms with Crippen molar-refractivity contribution >= 4 is 17.8 Å². The summed E-state index contributed by atoms with van der Waals surface area (Å²) in [6.45, 7) is 6.43. The Morgan fingerprint density at radius 3 is 2.50 bits per heavy atom. The van der Waals surface area contributed by atoms with E-state index in [2.05, 4.69) is 26.1 Å². The van der Waals surface area contributed by atoms with E-state index >= 15 is 0 Å². The lowest BCUT2D eigenvalue weighted by Gasteiger charge is -2.42. The number of carbonyl (C=O) groups excluding carboxylic acids is 3. The van der Waals surface area contributed by atoms with Crippen LogP contribution in [0, 0.1) is 17.2 Å². The van der Waals surface area contributed by atoms with Crippen molar-refractivity contribution in [2.75, 3.05) is 13.6 Å². The summed E-state index contributed by atoms with van der Waals surface area (Å²) in [7, 11) is 1.54. The number of likely N-dealkylation sites (N-methyl/N-ethyl adjacent to an activating group) is 1. The molecule has 1 saturated carbocycles. The van der Waals surface area contributed by atoms with Gasteiger partial charge in [0.25, 0.3) is 5.91 Å². The Morgan fingerprint density at radius 2 is 1.90 bits per heavy atom. The van der Waals surface area contributed by atoms with Crippen LogP contribution in [0.4, 0.5) is 9.18 Å². The molecule has 2 aliphatic rings. The first-order chi connectivity index (χ1) is 14.1. The number of hydrogen-bond donors (Lipinski definition) is 1. The van der Waals surface area contributed by atoms with E-state index < -0.39 is 23.3 Å². The Balaban J connectivity index is 1.63. The van der Waals surface area contributed by atoms with Crippen molar-refractivity contribution in [3.8, 4) is 0 Å². The second kappa shape index (κ2) is 8.36. The lowest BCUT2D eigenvalue weighted by Crippen LogP contribution is -2.51. The van der Waals surface area contributed by atoms with Gasteiger partial charge in [-0.15, -0.1) is 0 Å². The van der Waals surface area contributed by atoms with Gasteiger partial charge >= 0.3 is 6.03 Å². The minimum absolute atomic E-state index is 0.0775. The number of nitrogens with zero attached hydrogens (tertiary/aromatic N) is 2. The van der Waals surface area contributed by atoms with Crippen LogP contribution in [0.25, 0.3) is 0 Å². The summed E-state index contributed by atoms with van der Waals surface area (Å²) in [6.07, 6.45) is 4.02. The fraction of sp³-hybridized carbons (Fsp3) is 0.609. The Labute approximate surface area is 177 Å². The molecule has 7 heteroatoms. The molecular weight excluding hydrogens is 385 g/mol. The molecule has 0 bridgehead atoms. The lowest BCUT2D eigenvalue weighted by molar-refractivity contribution is -0.139. The highest BCUT2D eigenvalue weighted by Crippen LogP contribution is 2.45. The number of carbonyl (C=O) groups is 3. The van der Waals surface area contributed by atoms with Gasteiger partial charge in [-0.3, -0.25) is 14.5 Å². The van der Waals surface area contributed by atoms with E-state index in [0.717, 1.165) is 24.2 Å². The molecule has 164 valence electrons. The van der Waals surface area contributed by atoms with Crippen LogP contribution in [0.5, 0.6) is 0 Å². The number of urea groups is 1. The van der Waals surface area contributed by atoms with Crippen LogP contribution in [0.1, 0.15) is 58.4 Å². The predicted octanol–water partition coefficient (Wildman–Crippen LogP) is 3.70. The Bertz CT molecular complexity index is 831. The zero-order chi connectivity index (χ0) is 22.1. The summed E-state index contributed by atoms with van der Waals surface area (Å²) in [4.78, 5) is 40.6. The standard InChI is InChI=1S/C23H32FN3O3/c1-5-22(2,3)17-10-12-23(13-11-17)20(29)27(21(30)25-23)15-19(28)26(4)14-16-8-6-7-9-18(16)24/h6-9,17H,5,10-15H2,1-4H3,(H,25,30). The van der Waals surface area contributed by atoms with E-state index in [9.17, 15) is 18.8 Å². The minimum Gasteiger partial charge on any atom is -0.340 e. The van der Waals surface area contributed by atoms with Crippen molar-refractivity contribution in [3.05, 3.63) is 35.6 Å². The van der Waals surface area contributed by atoms with Gasteiger partial charge in [-0.2, -0.15) is 0 Å². The van der Waals surface area contributed by atoms with Crippen molar-refractivity contribution in [1.29, 1.82) is 0 Å². The number of benzene rings is 1. The van der Waals surface area contributed by atoms with E-state index in [1.165, 1.54) is 11.0 Å². The third kappa shape index (κ3) is 4.20. The molecule has 0 aromatic heterocycles. The van der Waals surface area contributed by atoms with Crippen molar-refractivity contribution in [2.24, 2.45) is 11.3 Å². The monoisotopic (exact) mass is 417 g/mol. The first kappa shape index (κ1) is 22.2. The van der Waals surface area contributed by atoms with Gasteiger partial charge in [0.1, 0.15) is 17.9 Å². The van der Waals surface area contributed by atoms with E-state index in [1.54, 1.807) is 25.2 Å². The van der Waals surface area contributed by atoms with Gasteiger partial charge in [0, 0.05) is 19.2 Å². The fourth-order valence-electron chi connectivity index (χ4n) is 4.57. The van der Waals surface area contributed by atoms with Gasteiger partial charge in [0.05, 0.1) is 0 Å². The van der Waals surface area contributed by atoms with Gasteiger partial charge in [-0.25, -0.2) is 9.18 Å². The molecule has 1 aliphatic heterocycles. The van der Waals surface area contributed by atoms with Crippen molar-refractivity contribution in [2.45, 2.75) is 65.0 Å². The molecule has 1 aromatic rings. The highest BCUT2D eigenvalue weighted by Gasteiger charge is 2.53. The molecule has 0 atom stereocenters. The average Bonchev–Trinajstić information content (AvgIpc) is 2.94. The van der Waals surface area contributed by atoms with Crippen molar-refractivity contribution in [1.82, 2.24) is 15.1 Å². The number of rotatable bonds is 6. The highest BCUT2D eigenvalue weighted by molar-refractivity contribution is 6.09. The van der Waals surface area contributed by atoms with Gasteiger partial charge < -0.3 is 10.2 Å². The summed E-state index contributed by atoms with van der Waals surface area (Å²) in [6, 6.07) is 5.72. The molecule has 0 unspecified atom stereocenters. The number of amides is 4. The van der Waals surface area contributed by atoms with Gasteiger partial charge in [0.15, 0.2) is 0 Å². The van der Waals surface area contributed by atoms with Crippen molar-refractivity contribution in [3.63, 3.8) is 0 Å². The van der Waals surface area contributed by atoms with E-state index in [1.807, 2.05) is 0 Å². The zero-order valence-corrected chi connectivity index (χ0v) is 18.3. The summed E-state index contributed by atoms with van der Waals surface area (Å²) in [5, 5.41) is 2.87. The Kier molecular flexibility index (Phi) is 6.20. The maximum absolute atomic E-state index is 13.9. The zero-order valence-electron chi connectivity index (χ0n) is 18.3. The Morgan fingerprint density at radius 1 is 1.27 bits per heavy atom. The molecule has 1 heterocycles. The highest BCUT2D eigenvalue weighted by atomic mass is 19.1. The predicted molar refractivity (Wildman–Crippen MR) is 112 cm³/mol. The summed E-state index contributed by atoms with van der Waals surface area (Å²) >= 11 is 0. The van der Waals surface area contributed by atoms with Crippen LogP contribution in [0.2, 0.25) is 0 Å². The van der Waals surface area contributed by atoms with Crippen molar-refractivity contribution < 1.29 is 18.8 Å². The first-order valence-corrected chi connectivity index (χ1v) is 10.7. The molecule has 30 heavy (non-hydrogen) atoms. The summed E-state index contributed by atoms with van der Waals surface area (Å²) < 4.78 is 13.9. The maximum Gasteiger partial charge on any atom is 0.325 e. The van der Waals surface area contributed by atoms with Crippen LogP contribution in [-0.4, -0.2) is 46.8 Å². The van der Waals surface area contributed by atoms with E-state index in [-0.39, 0.29) is 24.4 Å². The second-order valence-electron chi connectivity index (χ2n) is 9.36. The van der Waals surface area contributed by atoms with E-state index in [0.29, 0.717) is 24.3 Å². The van der Waals surface area contributed by atoms with E-state index in [4.69, 9.17) is 0 Å².